The van der Waals surface area contributed by atoms with Crippen LogP contribution in [0.4, 0.5) is 30.7 Å². The number of halogens is 7. The van der Waals surface area contributed by atoms with Gasteiger partial charge in [-0.15, -0.1) is 0 Å². The summed E-state index contributed by atoms with van der Waals surface area (Å²) in [6.07, 6.45) is -9.32. The number of ketones is 1. The summed E-state index contributed by atoms with van der Waals surface area (Å²) in [6, 6.07) is 9.94. The average molecular weight is 580 g/mol. The summed E-state index contributed by atoms with van der Waals surface area (Å²) in [7, 11) is 0. The van der Waals surface area contributed by atoms with Gasteiger partial charge in [-0.1, -0.05) is 18.2 Å². The Kier molecular flexibility index (Phi) is 7.44. The Morgan fingerprint density at radius 3 is 2.07 bits per heavy atom. The number of rotatable bonds is 5. The molecular formula is C30H24F7NO3. The van der Waals surface area contributed by atoms with Gasteiger partial charge in [-0.3, -0.25) is 9.59 Å². The summed E-state index contributed by atoms with van der Waals surface area (Å²) in [6.45, 7) is 1.32. The molecule has 0 radical (unpaired) electrons. The Bertz CT molecular complexity index is 1540. The fourth-order valence-corrected chi connectivity index (χ4v) is 5.44. The van der Waals surface area contributed by atoms with Gasteiger partial charge in [-0.05, 0) is 72.0 Å². The van der Waals surface area contributed by atoms with Crippen LogP contribution in [0.15, 0.2) is 65.5 Å². The van der Waals surface area contributed by atoms with Crippen LogP contribution in [0.3, 0.4) is 0 Å². The molecule has 3 atom stereocenters. The van der Waals surface area contributed by atoms with E-state index in [1.807, 2.05) is 0 Å². The molecule has 0 N–H and O–H groups in total. The molecule has 1 aromatic heterocycles. The zero-order valence-electron chi connectivity index (χ0n) is 21.7. The first-order valence-electron chi connectivity index (χ1n) is 12.9. The van der Waals surface area contributed by atoms with E-state index in [0.717, 1.165) is 5.57 Å². The molecule has 4 nitrogen and oxygen atoms in total. The number of pyridine rings is 1. The van der Waals surface area contributed by atoms with E-state index in [1.54, 1.807) is 12.1 Å². The van der Waals surface area contributed by atoms with Crippen molar-refractivity contribution in [2.45, 2.75) is 63.2 Å². The molecule has 41 heavy (non-hydrogen) atoms. The molecule has 5 rings (SSSR count). The molecule has 0 saturated carbocycles. The van der Waals surface area contributed by atoms with Gasteiger partial charge in [-0.2, -0.15) is 26.3 Å². The second kappa shape index (κ2) is 10.6. The highest BCUT2D eigenvalue weighted by atomic mass is 19.4. The fourth-order valence-electron chi connectivity index (χ4n) is 5.44. The lowest BCUT2D eigenvalue weighted by molar-refractivity contribution is -0.143. The highest BCUT2D eigenvalue weighted by molar-refractivity contribution is 5.86. The number of Topliss-reactive ketones (excluding diaryl/α,β-unsaturated/α-hetero) is 1. The second-order valence-corrected chi connectivity index (χ2v) is 10.3. The van der Waals surface area contributed by atoms with Gasteiger partial charge in [0.15, 0.2) is 0 Å². The molecule has 0 bridgehead atoms. The number of fused-ring (bicyclic) bond motifs is 1. The molecule has 1 aliphatic carbocycles. The Hall–Kier alpha value is -3.73. The smallest absolute Gasteiger partial charge is 0.368 e. The first kappa shape index (κ1) is 28.8. The van der Waals surface area contributed by atoms with Crippen molar-refractivity contribution < 1.29 is 40.3 Å². The van der Waals surface area contributed by atoms with E-state index in [0.29, 0.717) is 41.8 Å². The fraction of sp³-hybridized carbons (Fsp3) is 0.333. The maximum Gasteiger partial charge on any atom is 0.416 e. The lowest BCUT2D eigenvalue weighted by atomic mass is 9.89. The largest absolute Gasteiger partial charge is 0.416 e. The van der Waals surface area contributed by atoms with E-state index in [-0.39, 0.29) is 35.9 Å². The average Bonchev–Trinajstić information content (AvgIpc) is 3.26. The minimum atomic E-state index is -5.02. The third-order valence-corrected chi connectivity index (χ3v) is 7.52. The third kappa shape index (κ3) is 6.00. The summed E-state index contributed by atoms with van der Waals surface area (Å²) >= 11 is 0. The van der Waals surface area contributed by atoms with Crippen LogP contribution in [-0.2, 0) is 28.4 Å². The van der Waals surface area contributed by atoms with Crippen molar-refractivity contribution in [2.24, 2.45) is 0 Å². The van der Waals surface area contributed by atoms with Crippen molar-refractivity contribution in [3.63, 3.8) is 0 Å². The van der Waals surface area contributed by atoms with E-state index in [4.69, 9.17) is 4.74 Å². The van der Waals surface area contributed by atoms with Gasteiger partial charge in [0.2, 0.25) is 0 Å². The van der Waals surface area contributed by atoms with E-state index >= 15 is 0 Å². The maximum atomic E-state index is 13.8. The molecule has 3 aromatic rings. The predicted molar refractivity (Wildman–Crippen MR) is 136 cm³/mol. The molecule has 0 unspecified atom stereocenters. The van der Waals surface area contributed by atoms with Crippen LogP contribution >= 0.6 is 0 Å². The summed E-state index contributed by atoms with van der Waals surface area (Å²) in [5.74, 6) is -1.10. The number of carbonyl (C=O) groups excluding carboxylic acids is 1. The lowest BCUT2D eigenvalue weighted by Crippen LogP contribution is -2.24. The lowest BCUT2D eigenvalue weighted by Gasteiger charge is -2.25. The molecule has 11 heteroatoms. The number of hydrogen-bond acceptors (Lipinski definition) is 3. The number of alkyl halides is 6. The Balaban J connectivity index is 1.54. The van der Waals surface area contributed by atoms with Crippen LogP contribution in [-0.4, -0.2) is 16.5 Å². The molecule has 0 saturated heterocycles. The Morgan fingerprint density at radius 2 is 1.51 bits per heavy atom. The van der Waals surface area contributed by atoms with Crippen molar-refractivity contribution >= 4 is 11.4 Å². The Morgan fingerprint density at radius 1 is 0.878 bits per heavy atom. The van der Waals surface area contributed by atoms with Gasteiger partial charge in [0, 0.05) is 24.6 Å². The number of hydrogen-bond donors (Lipinski definition) is 0. The second-order valence-electron chi connectivity index (χ2n) is 10.3. The standard InChI is InChI=1S/C30H24F7NO3/c1-16(19-10-21(29(32,33)34)14-22(11-19)30(35,36)37)41-26-15-38-25(28(26)18-2-6-23(31)7-3-18)12-20(13-27(38)40)17-4-8-24(39)9-5-17/h2-4,6-7,10-14,16,26,28H,5,8-9,15H2,1H3/t16-,26+,28+/m1/s1. The van der Waals surface area contributed by atoms with Crippen molar-refractivity contribution in [2.75, 3.05) is 0 Å². The summed E-state index contributed by atoms with van der Waals surface area (Å²) < 4.78 is 102. The topological polar surface area (TPSA) is 48.3 Å². The molecule has 2 aliphatic rings. The zero-order valence-corrected chi connectivity index (χ0v) is 21.7. The van der Waals surface area contributed by atoms with Crippen molar-refractivity contribution in [3.8, 4) is 0 Å². The minimum absolute atomic E-state index is 0.0244. The van der Waals surface area contributed by atoms with Crippen molar-refractivity contribution in [3.05, 3.63) is 110 Å². The predicted octanol–water partition coefficient (Wildman–Crippen LogP) is 7.45. The molecule has 2 aromatic carbocycles. The normalized spacial score (nSPS) is 20.1. The number of aromatic nitrogens is 1. The monoisotopic (exact) mass is 579 g/mol. The van der Waals surface area contributed by atoms with Gasteiger partial charge in [0.05, 0.1) is 35.8 Å². The molecular weight excluding hydrogens is 555 g/mol. The van der Waals surface area contributed by atoms with E-state index in [2.05, 4.69) is 0 Å². The van der Waals surface area contributed by atoms with Crippen molar-refractivity contribution in [1.82, 2.24) is 4.57 Å². The van der Waals surface area contributed by atoms with Crippen LogP contribution in [0.1, 0.15) is 71.7 Å². The number of carbonyl (C=O) groups is 1. The summed E-state index contributed by atoms with van der Waals surface area (Å²) in [5.41, 5.74) is -1.11. The SMILES string of the molecule is C[C@@H](O[C@H]1Cn2c(cc(C3=CCC(=O)CC3)cc2=O)[C@@H]1c1ccc(F)cc1)c1cc(C(F)(F)F)cc(C(F)(F)F)c1. The van der Waals surface area contributed by atoms with Crippen LogP contribution in [0, 0.1) is 5.82 Å². The first-order valence-corrected chi connectivity index (χ1v) is 12.9. The highest BCUT2D eigenvalue weighted by Gasteiger charge is 2.40. The van der Waals surface area contributed by atoms with Gasteiger partial charge >= 0.3 is 12.4 Å². The number of benzene rings is 2. The quantitative estimate of drug-likeness (QED) is 0.295. The Labute approximate surface area is 230 Å². The number of nitrogens with zero attached hydrogens (tertiary/aromatic N) is 1. The maximum absolute atomic E-state index is 13.8. The third-order valence-electron chi connectivity index (χ3n) is 7.52. The molecule has 0 amide bonds. The van der Waals surface area contributed by atoms with Gasteiger partial charge < -0.3 is 9.30 Å². The van der Waals surface area contributed by atoms with Gasteiger partial charge in [-0.25, -0.2) is 4.39 Å². The molecule has 0 fully saturated rings. The molecule has 1 aliphatic heterocycles. The number of ether oxygens (including phenoxy) is 1. The molecule has 0 spiro atoms. The first-order chi connectivity index (χ1) is 19.2. The van der Waals surface area contributed by atoms with E-state index in [1.165, 1.54) is 41.8 Å². The summed E-state index contributed by atoms with van der Waals surface area (Å²) in [4.78, 5) is 24.9. The van der Waals surface area contributed by atoms with Gasteiger partial charge in [0.1, 0.15) is 11.6 Å². The minimum Gasteiger partial charge on any atom is -0.368 e. The molecule has 216 valence electrons. The number of allylic oxidation sites excluding steroid dienone is 2. The van der Waals surface area contributed by atoms with Crippen LogP contribution < -0.4 is 5.56 Å². The zero-order chi connectivity index (χ0) is 29.7. The van der Waals surface area contributed by atoms with E-state index in [9.17, 15) is 40.3 Å². The van der Waals surface area contributed by atoms with E-state index < -0.39 is 47.4 Å². The summed E-state index contributed by atoms with van der Waals surface area (Å²) in [5, 5.41) is 0. The molecule has 2 heterocycles. The van der Waals surface area contributed by atoms with Crippen LogP contribution in [0.5, 0.6) is 0 Å². The highest BCUT2D eigenvalue weighted by Crippen LogP contribution is 2.42. The van der Waals surface area contributed by atoms with Gasteiger partial charge in [0.25, 0.3) is 5.56 Å². The van der Waals surface area contributed by atoms with Crippen LogP contribution in [0.25, 0.3) is 5.57 Å². The van der Waals surface area contributed by atoms with Crippen molar-refractivity contribution in [1.29, 1.82) is 0 Å². The van der Waals surface area contributed by atoms with Crippen LogP contribution in [0.2, 0.25) is 0 Å².